The molecule has 0 radical (unpaired) electrons. The van der Waals surface area contributed by atoms with Crippen molar-refractivity contribution >= 4 is 17.3 Å². The second kappa shape index (κ2) is 8.20. The van der Waals surface area contributed by atoms with Gasteiger partial charge in [0.25, 0.3) is 11.6 Å². The Balaban J connectivity index is 1.99. The van der Waals surface area contributed by atoms with Crippen molar-refractivity contribution in [3.05, 3.63) is 69.3 Å². The van der Waals surface area contributed by atoms with Crippen molar-refractivity contribution in [3.63, 3.8) is 0 Å². The number of hydrogen-bond acceptors (Lipinski definition) is 4. The maximum absolute atomic E-state index is 12.2. The van der Waals surface area contributed by atoms with Crippen LogP contribution in [0, 0.1) is 10.1 Å². The Hall–Kier alpha value is -2.89. The Kier molecular flexibility index (Phi) is 5.74. The van der Waals surface area contributed by atoms with Crippen molar-refractivity contribution in [3.8, 4) is 0 Å². The summed E-state index contributed by atoms with van der Waals surface area (Å²) in [5.74, 6) is -0.288. The number of nitro groups is 1. The minimum Gasteiger partial charge on any atom is -0.366 e. The Labute approximate surface area is 159 Å². The molecule has 1 aliphatic heterocycles. The zero-order chi connectivity index (χ0) is 19.4. The second-order valence-corrected chi connectivity index (χ2v) is 6.94. The Morgan fingerprint density at radius 3 is 2.52 bits per heavy atom. The van der Waals surface area contributed by atoms with Crippen LogP contribution in [0.15, 0.2) is 42.5 Å². The van der Waals surface area contributed by atoms with Crippen LogP contribution < -0.4 is 10.2 Å². The average Bonchev–Trinajstić information content (AvgIpc) is 2.72. The van der Waals surface area contributed by atoms with Crippen molar-refractivity contribution < 1.29 is 9.72 Å². The smallest absolute Gasteiger partial charge is 0.292 e. The number of nitrogens with zero attached hydrogens (tertiary/aromatic N) is 2. The molecule has 0 aliphatic carbocycles. The van der Waals surface area contributed by atoms with Crippen molar-refractivity contribution in [2.75, 3.05) is 25.0 Å². The van der Waals surface area contributed by atoms with E-state index < -0.39 is 0 Å². The summed E-state index contributed by atoms with van der Waals surface area (Å²) in [6.07, 6.45) is 3.30. The van der Waals surface area contributed by atoms with Crippen LogP contribution >= 0.6 is 0 Å². The molecule has 1 heterocycles. The largest absolute Gasteiger partial charge is 0.366 e. The van der Waals surface area contributed by atoms with E-state index in [0.29, 0.717) is 11.3 Å². The zero-order valence-electron chi connectivity index (χ0n) is 15.8. The molecule has 6 nitrogen and oxygen atoms in total. The molecule has 3 rings (SSSR count). The van der Waals surface area contributed by atoms with Gasteiger partial charge in [-0.25, -0.2) is 0 Å². The highest BCUT2D eigenvalue weighted by Gasteiger charge is 2.24. The number of anilines is 1. The first-order valence-corrected chi connectivity index (χ1v) is 9.37. The van der Waals surface area contributed by atoms with Gasteiger partial charge in [-0.1, -0.05) is 31.2 Å². The predicted molar refractivity (Wildman–Crippen MR) is 107 cm³/mol. The quantitative estimate of drug-likeness (QED) is 0.638. The number of carbonyl (C=O) groups is 1. The summed E-state index contributed by atoms with van der Waals surface area (Å²) in [4.78, 5) is 25.7. The molecule has 1 N–H and O–H groups in total. The Morgan fingerprint density at radius 2 is 1.85 bits per heavy atom. The van der Waals surface area contributed by atoms with Gasteiger partial charge in [-0.3, -0.25) is 14.9 Å². The third kappa shape index (κ3) is 3.94. The van der Waals surface area contributed by atoms with Crippen molar-refractivity contribution in [2.24, 2.45) is 0 Å². The van der Waals surface area contributed by atoms with Gasteiger partial charge in [0.15, 0.2) is 0 Å². The number of carbonyl (C=O) groups excluding carboxylic acids is 1. The molecular weight excluding hydrogens is 342 g/mol. The van der Waals surface area contributed by atoms with Gasteiger partial charge in [0.05, 0.1) is 4.92 Å². The molecule has 1 atom stereocenters. The van der Waals surface area contributed by atoms with Crippen LogP contribution in [-0.2, 0) is 0 Å². The van der Waals surface area contributed by atoms with E-state index in [1.54, 1.807) is 19.2 Å². The molecule has 1 saturated heterocycles. The van der Waals surface area contributed by atoms with E-state index in [2.05, 4.69) is 10.2 Å². The van der Waals surface area contributed by atoms with E-state index in [9.17, 15) is 14.9 Å². The predicted octanol–water partition coefficient (Wildman–Crippen LogP) is 4.10. The van der Waals surface area contributed by atoms with Crippen LogP contribution in [0.3, 0.4) is 0 Å². The molecule has 0 saturated carbocycles. The van der Waals surface area contributed by atoms with E-state index in [1.807, 2.05) is 37.3 Å². The fourth-order valence-corrected chi connectivity index (χ4v) is 3.75. The molecule has 6 heteroatoms. The first-order chi connectivity index (χ1) is 13.0. The molecule has 1 unspecified atom stereocenters. The number of rotatable bonds is 5. The third-order valence-corrected chi connectivity index (χ3v) is 5.29. The Morgan fingerprint density at radius 1 is 1.15 bits per heavy atom. The van der Waals surface area contributed by atoms with Gasteiger partial charge in [-0.15, -0.1) is 0 Å². The van der Waals surface area contributed by atoms with Crippen LogP contribution in [0.4, 0.5) is 11.4 Å². The molecule has 1 amide bonds. The van der Waals surface area contributed by atoms with Gasteiger partial charge in [0.1, 0.15) is 5.69 Å². The average molecular weight is 367 g/mol. The van der Waals surface area contributed by atoms with Crippen LogP contribution in [0.25, 0.3) is 0 Å². The standard InChI is InChI=1S/C21H25N3O3/c1-15(17-8-4-5-9-18(17)21(25)22-2)16-10-11-19(20(14-16)24(26)27)23-12-6-3-7-13-23/h4-5,8-11,14-15H,3,6-7,12-13H2,1-2H3,(H,22,25). The van der Waals surface area contributed by atoms with Gasteiger partial charge in [0.2, 0.25) is 0 Å². The summed E-state index contributed by atoms with van der Waals surface area (Å²) in [6.45, 7) is 3.69. The number of piperidine rings is 1. The van der Waals surface area contributed by atoms with Crippen molar-refractivity contribution in [1.82, 2.24) is 5.32 Å². The molecule has 0 bridgehead atoms. The highest BCUT2D eigenvalue weighted by atomic mass is 16.6. The van der Waals surface area contributed by atoms with Gasteiger partial charge >= 0.3 is 0 Å². The lowest BCUT2D eigenvalue weighted by atomic mass is 9.89. The lowest BCUT2D eigenvalue weighted by molar-refractivity contribution is -0.384. The number of nitrogens with one attached hydrogen (secondary N) is 1. The van der Waals surface area contributed by atoms with Gasteiger partial charge < -0.3 is 10.2 Å². The summed E-state index contributed by atoms with van der Waals surface area (Å²) in [6, 6.07) is 12.9. The van der Waals surface area contributed by atoms with E-state index in [1.165, 1.54) is 6.42 Å². The molecule has 0 spiro atoms. The number of hydrogen-bond donors (Lipinski definition) is 1. The summed E-state index contributed by atoms with van der Waals surface area (Å²) in [5, 5.41) is 14.4. The highest BCUT2D eigenvalue weighted by molar-refractivity contribution is 5.95. The lowest BCUT2D eigenvalue weighted by Gasteiger charge is -2.28. The van der Waals surface area contributed by atoms with Gasteiger partial charge in [-0.2, -0.15) is 0 Å². The monoisotopic (exact) mass is 367 g/mol. The highest BCUT2D eigenvalue weighted by Crippen LogP contribution is 2.35. The van der Waals surface area contributed by atoms with E-state index in [4.69, 9.17) is 0 Å². The summed E-state index contributed by atoms with van der Waals surface area (Å²) in [7, 11) is 1.60. The first-order valence-electron chi connectivity index (χ1n) is 9.37. The SMILES string of the molecule is CNC(=O)c1ccccc1C(C)c1ccc(N2CCCCC2)c([N+](=O)[O-])c1. The van der Waals surface area contributed by atoms with Gasteiger partial charge in [-0.05, 0) is 42.5 Å². The minimum atomic E-state index is -0.301. The number of amides is 1. The summed E-state index contributed by atoms with van der Waals surface area (Å²) in [5.41, 5.74) is 3.11. The molecule has 1 fully saturated rings. The van der Waals surface area contributed by atoms with Crippen molar-refractivity contribution in [2.45, 2.75) is 32.1 Å². The van der Waals surface area contributed by atoms with Crippen LogP contribution in [0.1, 0.15) is 53.6 Å². The molecule has 2 aromatic carbocycles. The zero-order valence-corrected chi connectivity index (χ0v) is 15.8. The Bertz CT molecular complexity index is 844. The van der Waals surface area contributed by atoms with E-state index in [0.717, 1.165) is 37.1 Å². The molecule has 27 heavy (non-hydrogen) atoms. The topological polar surface area (TPSA) is 75.5 Å². The number of benzene rings is 2. The lowest BCUT2D eigenvalue weighted by Crippen LogP contribution is -2.30. The first kappa shape index (κ1) is 18.9. The molecule has 1 aliphatic rings. The fourth-order valence-electron chi connectivity index (χ4n) is 3.75. The maximum Gasteiger partial charge on any atom is 0.292 e. The minimum absolute atomic E-state index is 0.132. The van der Waals surface area contributed by atoms with E-state index in [-0.39, 0.29) is 22.4 Å². The van der Waals surface area contributed by atoms with Crippen LogP contribution in [-0.4, -0.2) is 31.0 Å². The molecule has 0 aromatic heterocycles. The summed E-state index contributed by atoms with van der Waals surface area (Å²) >= 11 is 0. The molecular formula is C21H25N3O3. The second-order valence-electron chi connectivity index (χ2n) is 6.94. The summed E-state index contributed by atoms with van der Waals surface area (Å²) < 4.78 is 0. The van der Waals surface area contributed by atoms with Crippen molar-refractivity contribution in [1.29, 1.82) is 0 Å². The van der Waals surface area contributed by atoms with Crippen LogP contribution in [0.5, 0.6) is 0 Å². The normalized spacial score (nSPS) is 15.3. The number of nitro benzene ring substituents is 1. The van der Waals surface area contributed by atoms with E-state index >= 15 is 0 Å². The fraction of sp³-hybridized carbons (Fsp3) is 0.381. The maximum atomic E-state index is 12.2. The van der Waals surface area contributed by atoms with Crippen LogP contribution in [0.2, 0.25) is 0 Å². The third-order valence-electron chi connectivity index (χ3n) is 5.29. The molecule has 142 valence electrons. The van der Waals surface area contributed by atoms with Gasteiger partial charge in [0, 0.05) is 37.7 Å². The molecule has 2 aromatic rings.